The second kappa shape index (κ2) is 9.40. The molecule has 1 heterocycles. The Morgan fingerprint density at radius 2 is 1.66 bits per heavy atom. The lowest BCUT2D eigenvalue weighted by Crippen LogP contribution is -2.14. The maximum absolute atomic E-state index is 12.4. The quantitative estimate of drug-likeness (QED) is 0.396. The number of carbonyl (C=O) groups excluding carboxylic acids is 1. The molecule has 0 spiro atoms. The van der Waals surface area contributed by atoms with Gasteiger partial charge in [-0.3, -0.25) is 9.59 Å². The van der Waals surface area contributed by atoms with Gasteiger partial charge in [0, 0.05) is 16.3 Å². The number of thioether (sulfide) groups is 1. The number of hydrogen-bond donors (Lipinski definition) is 2. The van der Waals surface area contributed by atoms with Gasteiger partial charge in [-0.2, -0.15) is 0 Å². The van der Waals surface area contributed by atoms with Crippen molar-refractivity contribution in [1.82, 2.24) is 9.97 Å². The third kappa shape index (κ3) is 5.26. The summed E-state index contributed by atoms with van der Waals surface area (Å²) in [4.78, 5) is 33.2. The molecule has 4 rings (SSSR count). The third-order valence-corrected chi connectivity index (χ3v) is 6.40. The van der Waals surface area contributed by atoms with Crippen molar-refractivity contribution < 1.29 is 4.79 Å². The molecule has 0 aliphatic carbocycles. The molecule has 1 amide bonds. The summed E-state index contributed by atoms with van der Waals surface area (Å²) in [6.07, 6.45) is 0.339. The molecule has 0 atom stereocenters. The summed E-state index contributed by atoms with van der Waals surface area (Å²) < 4.78 is 0. The Bertz CT molecular complexity index is 1330. The highest BCUT2D eigenvalue weighted by molar-refractivity contribution is 7.98. The first-order valence-corrected chi connectivity index (χ1v) is 11.4. The summed E-state index contributed by atoms with van der Waals surface area (Å²) in [7, 11) is 0. The summed E-state index contributed by atoms with van der Waals surface area (Å²) in [6.45, 7) is 6.08. The van der Waals surface area contributed by atoms with Gasteiger partial charge in [-0.1, -0.05) is 29.8 Å². The fourth-order valence-electron chi connectivity index (χ4n) is 3.36. The van der Waals surface area contributed by atoms with Crippen LogP contribution >= 0.6 is 11.8 Å². The number of hydrogen-bond acceptors (Lipinski definition) is 4. The molecule has 0 fully saturated rings. The van der Waals surface area contributed by atoms with Crippen molar-refractivity contribution in [2.45, 2.75) is 37.8 Å². The van der Waals surface area contributed by atoms with Crippen molar-refractivity contribution in [3.8, 4) is 0 Å². The van der Waals surface area contributed by atoms with E-state index in [9.17, 15) is 9.59 Å². The number of benzene rings is 3. The van der Waals surface area contributed by atoms with E-state index in [4.69, 9.17) is 0 Å². The highest BCUT2D eigenvalue weighted by atomic mass is 32.2. The monoisotopic (exact) mass is 443 g/mol. The number of rotatable bonds is 6. The van der Waals surface area contributed by atoms with E-state index in [1.165, 1.54) is 17.3 Å². The van der Waals surface area contributed by atoms with Gasteiger partial charge < -0.3 is 10.3 Å². The number of amides is 1. The molecule has 0 bridgehead atoms. The summed E-state index contributed by atoms with van der Waals surface area (Å²) in [6, 6.07) is 19.5. The smallest absolute Gasteiger partial charge is 0.271 e. The van der Waals surface area contributed by atoms with Gasteiger partial charge in [0.2, 0.25) is 5.91 Å². The molecule has 0 aliphatic heterocycles. The Balaban J connectivity index is 1.38. The first-order chi connectivity index (χ1) is 15.4. The number of fused-ring (bicyclic) bond motifs is 1. The molecule has 0 saturated carbocycles. The van der Waals surface area contributed by atoms with Gasteiger partial charge in [-0.05, 0) is 73.9 Å². The second-order valence-corrected chi connectivity index (χ2v) is 9.04. The number of carbonyl (C=O) groups is 1. The van der Waals surface area contributed by atoms with Gasteiger partial charge in [0.15, 0.2) is 0 Å². The van der Waals surface area contributed by atoms with Crippen LogP contribution in [0.2, 0.25) is 0 Å². The summed E-state index contributed by atoms with van der Waals surface area (Å²) >= 11 is 1.54. The predicted octanol–water partition coefficient (Wildman–Crippen LogP) is 5.32. The normalized spacial score (nSPS) is 11.0. The van der Waals surface area contributed by atoms with Crippen LogP contribution in [0.1, 0.15) is 27.9 Å². The van der Waals surface area contributed by atoms with E-state index in [1.54, 1.807) is 0 Å². The lowest BCUT2D eigenvalue weighted by atomic mass is 10.1. The van der Waals surface area contributed by atoms with E-state index in [0.29, 0.717) is 17.9 Å². The van der Waals surface area contributed by atoms with Crippen molar-refractivity contribution in [3.63, 3.8) is 0 Å². The fourth-order valence-corrected chi connectivity index (χ4v) is 4.19. The Labute approximate surface area is 191 Å². The minimum absolute atomic E-state index is 0.0494. The topological polar surface area (TPSA) is 74.8 Å². The van der Waals surface area contributed by atoms with Crippen LogP contribution in [0.15, 0.2) is 70.4 Å². The van der Waals surface area contributed by atoms with Crippen molar-refractivity contribution in [3.05, 3.63) is 99.0 Å². The molecule has 6 heteroatoms. The molecule has 0 radical (unpaired) electrons. The fraction of sp³-hybridized carbons (Fsp3) is 0.192. The number of aromatic nitrogens is 2. The maximum Gasteiger partial charge on any atom is 0.271 e. The van der Waals surface area contributed by atoms with Crippen LogP contribution in [0.3, 0.4) is 0 Å². The first kappa shape index (κ1) is 21.8. The van der Waals surface area contributed by atoms with Crippen molar-refractivity contribution in [1.29, 1.82) is 0 Å². The number of aromatic amines is 1. The van der Waals surface area contributed by atoms with E-state index in [-0.39, 0.29) is 11.5 Å². The summed E-state index contributed by atoms with van der Waals surface area (Å²) in [5, 5.41) is 2.93. The molecule has 0 unspecified atom stereocenters. The number of nitrogens with one attached hydrogen (secondary N) is 2. The first-order valence-electron chi connectivity index (χ1n) is 10.5. The van der Waals surface area contributed by atoms with Gasteiger partial charge in [0.25, 0.3) is 5.56 Å². The Morgan fingerprint density at radius 3 is 2.38 bits per heavy atom. The molecule has 162 valence electrons. The molecule has 0 aliphatic rings. The number of anilines is 1. The number of nitrogens with zero attached hydrogens (tertiary/aromatic N) is 1. The molecule has 1 aromatic heterocycles. The summed E-state index contributed by atoms with van der Waals surface area (Å²) in [5.41, 5.74) is 7.09. The van der Waals surface area contributed by atoms with E-state index in [0.717, 1.165) is 38.3 Å². The van der Waals surface area contributed by atoms with Gasteiger partial charge >= 0.3 is 0 Å². The van der Waals surface area contributed by atoms with Gasteiger partial charge in [0.05, 0.1) is 17.5 Å². The van der Waals surface area contributed by atoms with Crippen LogP contribution in [-0.4, -0.2) is 15.9 Å². The highest BCUT2D eigenvalue weighted by Gasteiger charge is 2.08. The van der Waals surface area contributed by atoms with Crippen LogP contribution in [0, 0.1) is 20.8 Å². The zero-order valence-corrected chi connectivity index (χ0v) is 19.2. The molecule has 0 saturated heterocycles. The zero-order valence-electron chi connectivity index (χ0n) is 18.4. The molecule has 4 aromatic rings. The molecule has 5 nitrogen and oxygen atoms in total. The minimum atomic E-state index is -0.159. The van der Waals surface area contributed by atoms with Crippen molar-refractivity contribution in [2.75, 3.05) is 5.32 Å². The van der Waals surface area contributed by atoms with Crippen molar-refractivity contribution >= 4 is 34.4 Å². The molecule has 32 heavy (non-hydrogen) atoms. The Hall–Kier alpha value is -3.38. The molecule has 2 N–H and O–H groups in total. The standard InChI is InChI=1S/C26H25N3O2S/c1-16-4-6-19(7-5-16)14-25(30)27-20-8-10-21(11-9-20)32-15-24-26(31)29-23-13-18(3)17(2)12-22(23)28-24/h4-13H,14-15H2,1-3H3,(H,27,30)(H,29,31). The second-order valence-electron chi connectivity index (χ2n) is 7.99. The third-order valence-electron chi connectivity index (χ3n) is 5.38. The lowest BCUT2D eigenvalue weighted by molar-refractivity contribution is -0.115. The molecular weight excluding hydrogens is 418 g/mol. The lowest BCUT2D eigenvalue weighted by Gasteiger charge is -2.08. The maximum atomic E-state index is 12.4. The summed E-state index contributed by atoms with van der Waals surface area (Å²) in [5.74, 6) is 0.420. The van der Waals surface area contributed by atoms with Crippen molar-refractivity contribution in [2.24, 2.45) is 0 Å². The number of aryl methyl sites for hydroxylation is 3. The minimum Gasteiger partial charge on any atom is -0.326 e. The molecule has 3 aromatic carbocycles. The predicted molar refractivity (Wildman–Crippen MR) is 131 cm³/mol. The van der Waals surface area contributed by atoms with Crippen LogP contribution < -0.4 is 10.9 Å². The number of H-pyrrole nitrogens is 1. The van der Waals surface area contributed by atoms with E-state index < -0.39 is 0 Å². The zero-order chi connectivity index (χ0) is 22.7. The Morgan fingerprint density at radius 1 is 0.969 bits per heavy atom. The van der Waals surface area contributed by atoms with Crippen LogP contribution in [-0.2, 0) is 17.0 Å². The van der Waals surface area contributed by atoms with E-state index in [2.05, 4.69) is 15.3 Å². The molecular formula is C26H25N3O2S. The SMILES string of the molecule is Cc1ccc(CC(=O)Nc2ccc(SCc3nc4cc(C)c(C)cc4[nH]c3=O)cc2)cc1. The Kier molecular flexibility index (Phi) is 6.42. The van der Waals surface area contributed by atoms with E-state index >= 15 is 0 Å². The van der Waals surface area contributed by atoms with Gasteiger partial charge in [-0.15, -0.1) is 11.8 Å². The van der Waals surface area contributed by atoms with E-state index in [1.807, 2.05) is 81.4 Å². The average molecular weight is 444 g/mol. The highest BCUT2D eigenvalue weighted by Crippen LogP contribution is 2.24. The van der Waals surface area contributed by atoms with Crippen LogP contribution in [0.5, 0.6) is 0 Å². The van der Waals surface area contributed by atoms with Gasteiger partial charge in [0.1, 0.15) is 5.69 Å². The van der Waals surface area contributed by atoms with Crippen LogP contribution in [0.4, 0.5) is 5.69 Å². The van der Waals surface area contributed by atoms with Gasteiger partial charge in [-0.25, -0.2) is 4.98 Å². The largest absolute Gasteiger partial charge is 0.326 e. The van der Waals surface area contributed by atoms with Crippen LogP contribution in [0.25, 0.3) is 11.0 Å². The average Bonchev–Trinajstić information content (AvgIpc) is 2.76.